The predicted octanol–water partition coefficient (Wildman–Crippen LogP) is -2.11. The fraction of sp³-hybridized carbons (Fsp3) is 0.700. The van der Waals surface area contributed by atoms with Gasteiger partial charge in [0, 0.05) is 0 Å². The molecule has 0 spiro atoms. The van der Waals surface area contributed by atoms with Crippen molar-refractivity contribution in [2.24, 2.45) is 17.2 Å². The summed E-state index contributed by atoms with van der Waals surface area (Å²) >= 11 is 0. The molecule has 0 radical (unpaired) electrons. The van der Waals surface area contributed by atoms with E-state index in [1.807, 2.05) is 0 Å². The number of hydrogen-bond acceptors (Lipinski definition) is 5. The van der Waals surface area contributed by atoms with Crippen molar-refractivity contribution in [3.8, 4) is 0 Å². The fourth-order valence-corrected chi connectivity index (χ4v) is 1.32. The number of amides is 2. The number of nitrogens with one attached hydrogen (secondary N) is 1. The van der Waals surface area contributed by atoms with Crippen LogP contribution in [0.1, 0.15) is 25.7 Å². The van der Waals surface area contributed by atoms with E-state index in [1.165, 1.54) is 0 Å². The molecule has 0 fully saturated rings. The lowest BCUT2D eigenvalue weighted by atomic mass is 10.1. The first-order chi connectivity index (χ1) is 8.38. The average Bonchev–Trinajstić information content (AvgIpc) is 2.27. The van der Waals surface area contributed by atoms with Crippen LogP contribution >= 0.6 is 0 Å². The number of hydrogen-bond donors (Lipinski definition) is 5. The normalized spacial score (nSPS) is 13.7. The van der Waals surface area contributed by atoms with Gasteiger partial charge in [-0.2, -0.15) is 0 Å². The van der Waals surface area contributed by atoms with Crippen molar-refractivity contribution >= 4 is 17.8 Å². The Hall–Kier alpha value is -1.67. The number of unbranched alkanes of at least 4 members (excludes halogenated alkanes) is 1. The zero-order chi connectivity index (χ0) is 14.1. The number of carboxylic acid groups (broad SMARTS) is 1. The Morgan fingerprint density at radius 2 is 1.83 bits per heavy atom. The highest BCUT2D eigenvalue weighted by Crippen LogP contribution is 2.00. The molecule has 8 heteroatoms. The third-order valence-electron chi connectivity index (χ3n) is 2.33. The second-order valence-electron chi connectivity index (χ2n) is 3.96. The lowest BCUT2D eigenvalue weighted by Crippen LogP contribution is -2.49. The number of primary amides is 1. The van der Waals surface area contributed by atoms with Gasteiger partial charge in [-0.15, -0.1) is 0 Å². The van der Waals surface area contributed by atoms with E-state index in [4.69, 9.17) is 22.3 Å². The van der Waals surface area contributed by atoms with Gasteiger partial charge in [-0.3, -0.25) is 9.59 Å². The lowest BCUT2D eigenvalue weighted by Gasteiger charge is -2.16. The highest BCUT2D eigenvalue weighted by molar-refractivity contribution is 5.89. The number of nitrogens with two attached hydrogens (primary N) is 3. The molecule has 0 aromatic heterocycles. The monoisotopic (exact) mass is 260 g/mol. The Balaban J connectivity index is 4.23. The van der Waals surface area contributed by atoms with Crippen LogP contribution in [0.5, 0.6) is 0 Å². The standard InChI is InChI=1S/C10H20N4O4/c11-4-2-1-3-6(12)9(16)14-7(10(17)18)5-8(13)15/h6-7H,1-5,11-12H2,(H2,13,15)(H,14,16)(H,17,18)/t6-,7-/m0/s1. The van der Waals surface area contributed by atoms with Crippen LogP contribution in [0.15, 0.2) is 0 Å². The van der Waals surface area contributed by atoms with Gasteiger partial charge in [-0.1, -0.05) is 6.42 Å². The van der Waals surface area contributed by atoms with Gasteiger partial charge in [0.25, 0.3) is 0 Å². The maximum atomic E-state index is 11.6. The average molecular weight is 260 g/mol. The van der Waals surface area contributed by atoms with Crippen LogP contribution in [0.25, 0.3) is 0 Å². The van der Waals surface area contributed by atoms with E-state index in [-0.39, 0.29) is 0 Å². The molecule has 0 heterocycles. The van der Waals surface area contributed by atoms with Crippen LogP contribution in [-0.2, 0) is 14.4 Å². The van der Waals surface area contributed by atoms with Crippen molar-refractivity contribution in [1.29, 1.82) is 0 Å². The molecule has 2 amide bonds. The highest BCUT2D eigenvalue weighted by atomic mass is 16.4. The third kappa shape index (κ3) is 6.81. The molecule has 0 rings (SSSR count). The highest BCUT2D eigenvalue weighted by Gasteiger charge is 2.24. The molecule has 0 aliphatic heterocycles. The minimum Gasteiger partial charge on any atom is -0.480 e. The van der Waals surface area contributed by atoms with Gasteiger partial charge in [0.1, 0.15) is 6.04 Å². The summed E-state index contributed by atoms with van der Waals surface area (Å²) in [5, 5.41) is 11.0. The summed E-state index contributed by atoms with van der Waals surface area (Å²) in [4.78, 5) is 33.0. The Kier molecular flexibility index (Phi) is 7.64. The largest absolute Gasteiger partial charge is 0.480 e. The molecule has 8 N–H and O–H groups in total. The van der Waals surface area contributed by atoms with Crippen molar-refractivity contribution in [1.82, 2.24) is 5.32 Å². The van der Waals surface area contributed by atoms with E-state index in [0.29, 0.717) is 19.4 Å². The molecule has 0 aromatic rings. The van der Waals surface area contributed by atoms with Crippen molar-refractivity contribution in [3.63, 3.8) is 0 Å². The summed E-state index contributed by atoms with van der Waals surface area (Å²) in [7, 11) is 0. The van der Waals surface area contributed by atoms with Crippen LogP contribution in [0.3, 0.4) is 0 Å². The van der Waals surface area contributed by atoms with Crippen LogP contribution in [-0.4, -0.2) is 41.5 Å². The van der Waals surface area contributed by atoms with Gasteiger partial charge in [0.2, 0.25) is 11.8 Å². The molecule has 0 saturated carbocycles. The van der Waals surface area contributed by atoms with Crippen LogP contribution in [0, 0.1) is 0 Å². The molecule has 0 unspecified atom stereocenters. The maximum Gasteiger partial charge on any atom is 0.326 e. The Bertz CT molecular complexity index is 308. The molecule has 0 aromatic carbocycles. The van der Waals surface area contributed by atoms with Crippen molar-refractivity contribution < 1.29 is 19.5 Å². The number of aliphatic carboxylic acids is 1. The van der Waals surface area contributed by atoms with E-state index in [0.717, 1.165) is 6.42 Å². The van der Waals surface area contributed by atoms with E-state index in [1.54, 1.807) is 0 Å². The van der Waals surface area contributed by atoms with E-state index in [2.05, 4.69) is 5.32 Å². The van der Waals surface area contributed by atoms with Gasteiger partial charge in [-0.05, 0) is 19.4 Å². The zero-order valence-electron chi connectivity index (χ0n) is 10.1. The van der Waals surface area contributed by atoms with Crippen LogP contribution < -0.4 is 22.5 Å². The summed E-state index contributed by atoms with van der Waals surface area (Å²) in [6, 6.07) is -2.15. The van der Waals surface area contributed by atoms with Gasteiger partial charge in [0.05, 0.1) is 12.5 Å². The van der Waals surface area contributed by atoms with Gasteiger partial charge < -0.3 is 27.6 Å². The quantitative estimate of drug-likeness (QED) is 0.298. The summed E-state index contributed by atoms with van der Waals surface area (Å²) in [5.41, 5.74) is 15.8. The van der Waals surface area contributed by atoms with Crippen molar-refractivity contribution in [2.75, 3.05) is 6.54 Å². The van der Waals surface area contributed by atoms with Crippen LogP contribution in [0.4, 0.5) is 0 Å². The molecule has 2 atom stereocenters. The number of rotatable bonds is 9. The summed E-state index contributed by atoms with van der Waals surface area (Å²) in [5.74, 6) is -2.74. The molecule has 0 bridgehead atoms. The second kappa shape index (κ2) is 8.43. The number of carbonyl (C=O) groups is 3. The minimum absolute atomic E-state index is 0.409. The Morgan fingerprint density at radius 1 is 1.22 bits per heavy atom. The lowest BCUT2D eigenvalue weighted by molar-refractivity contribution is -0.143. The molecule has 18 heavy (non-hydrogen) atoms. The molecule has 0 aliphatic rings. The first kappa shape index (κ1) is 16.3. The topological polar surface area (TPSA) is 162 Å². The first-order valence-corrected chi connectivity index (χ1v) is 5.65. The molecule has 8 nitrogen and oxygen atoms in total. The minimum atomic E-state index is -1.34. The van der Waals surface area contributed by atoms with E-state index < -0.39 is 36.3 Å². The first-order valence-electron chi connectivity index (χ1n) is 5.65. The molecule has 104 valence electrons. The van der Waals surface area contributed by atoms with E-state index in [9.17, 15) is 14.4 Å². The second-order valence-corrected chi connectivity index (χ2v) is 3.96. The van der Waals surface area contributed by atoms with Crippen molar-refractivity contribution in [3.05, 3.63) is 0 Å². The Morgan fingerprint density at radius 3 is 2.28 bits per heavy atom. The number of carbonyl (C=O) groups excluding carboxylic acids is 2. The van der Waals surface area contributed by atoms with Gasteiger partial charge in [-0.25, -0.2) is 4.79 Å². The fourth-order valence-electron chi connectivity index (χ4n) is 1.32. The molecule has 0 aliphatic carbocycles. The summed E-state index contributed by atoms with van der Waals surface area (Å²) in [6.07, 6.45) is 1.37. The molecular formula is C10H20N4O4. The predicted molar refractivity (Wildman–Crippen MR) is 64.3 cm³/mol. The SMILES string of the molecule is NCCCC[C@H](N)C(=O)N[C@@H](CC(N)=O)C(=O)O. The van der Waals surface area contributed by atoms with E-state index >= 15 is 0 Å². The van der Waals surface area contributed by atoms with Crippen LogP contribution in [0.2, 0.25) is 0 Å². The van der Waals surface area contributed by atoms with Gasteiger partial charge >= 0.3 is 5.97 Å². The molecule has 0 saturated heterocycles. The van der Waals surface area contributed by atoms with Crippen molar-refractivity contribution in [2.45, 2.75) is 37.8 Å². The third-order valence-corrected chi connectivity index (χ3v) is 2.33. The summed E-state index contributed by atoms with van der Waals surface area (Å²) in [6.45, 7) is 0.508. The summed E-state index contributed by atoms with van der Waals surface area (Å²) < 4.78 is 0. The molecular weight excluding hydrogens is 240 g/mol. The number of carboxylic acids is 1. The Labute approximate surface area is 105 Å². The maximum absolute atomic E-state index is 11.6. The van der Waals surface area contributed by atoms with Gasteiger partial charge in [0.15, 0.2) is 0 Å². The smallest absolute Gasteiger partial charge is 0.326 e. The zero-order valence-corrected chi connectivity index (χ0v) is 10.1.